The van der Waals surface area contributed by atoms with Gasteiger partial charge in [-0.15, -0.1) is 0 Å². The third kappa shape index (κ3) is 3.77. The average molecular weight is 391 g/mol. The maximum absolute atomic E-state index is 10.8. The first-order chi connectivity index (χ1) is 13.6. The lowest BCUT2D eigenvalue weighted by molar-refractivity contribution is -0.384. The van der Waals surface area contributed by atoms with Crippen LogP contribution in [0.15, 0.2) is 82.8 Å². The van der Waals surface area contributed by atoms with E-state index in [-0.39, 0.29) is 5.69 Å². The number of nitro benzene ring substituents is 1. The van der Waals surface area contributed by atoms with Gasteiger partial charge in [0.1, 0.15) is 5.84 Å². The number of fused-ring (bicyclic) bond motifs is 1. The van der Waals surface area contributed by atoms with E-state index in [1.165, 1.54) is 12.1 Å². The molecular weight excluding hydrogens is 376 g/mol. The van der Waals surface area contributed by atoms with Crippen molar-refractivity contribution in [2.75, 3.05) is 11.9 Å². The summed E-state index contributed by atoms with van der Waals surface area (Å²) in [6, 6.07) is 21.6. The summed E-state index contributed by atoms with van der Waals surface area (Å²) in [5, 5.41) is 14.6. The van der Waals surface area contributed by atoms with Crippen LogP contribution in [0.1, 0.15) is 11.1 Å². The Morgan fingerprint density at radius 2 is 1.75 bits per heavy atom. The van der Waals surface area contributed by atoms with E-state index in [9.17, 15) is 10.1 Å². The summed E-state index contributed by atoms with van der Waals surface area (Å²) in [5.74, 6) is 0.642. The summed E-state index contributed by atoms with van der Waals surface area (Å²) in [5.41, 5.74) is 4.17. The Kier molecular flexibility index (Phi) is 4.87. The fourth-order valence-corrected chi connectivity index (χ4v) is 3.13. The fourth-order valence-electron chi connectivity index (χ4n) is 2.96. The van der Waals surface area contributed by atoms with E-state index in [0.29, 0.717) is 23.1 Å². The Labute approximate surface area is 166 Å². The van der Waals surface area contributed by atoms with Crippen LogP contribution in [0.4, 0.5) is 17.1 Å². The van der Waals surface area contributed by atoms with Crippen LogP contribution in [0.25, 0.3) is 0 Å². The highest BCUT2D eigenvalue weighted by molar-refractivity contribution is 6.31. The average Bonchev–Trinajstić information content (AvgIpc) is 2.88. The number of non-ortho nitro benzene ring substituents is 1. The molecule has 0 spiro atoms. The predicted molar refractivity (Wildman–Crippen MR) is 112 cm³/mol. The highest BCUT2D eigenvalue weighted by Gasteiger charge is 2.17. The summed E-state index contributed by atoms with van der Waals surface area (Å²) in [7, 11) is 0. The number of benzene rings is 3. The second-order valence-corrected chi connectivity index (χ2v) is 6.62. The molecular formula is C21H15ClN4O2. The number of nitrogens with one attached hydrogen (secondary N) is 1. The van der Waals surface area contributed by atoms with Gasteiger partial charge in [0.2, 0.25) is 0 Å². The zero-order valence-corrected chi connectivity index (χ0v) is 15.4. The summed E-state index contributed by atoms with van der Waals surface area (Å²) >= 11 is 6.22. The summed E-state index contributed by atoms with van der Waals surface area (Å²) in [4.78, 5) is 19.9. The van der Waals surface area contributed by atoms with E-state index < -0.39 is 4.92 Å². The van der Waals surface area contributed by atoms with Crippen molar-refractivity contribution in [2.24, 2.45) is 9.98 Å². The number of anilines is 1. The van der Waals surface area contributed by atoms with Crippen molar-refractivity contribution in [3.8, 4) is 0 Å². The number of amidine groups is 1. The number of rotatable bonds is 3. The molecule has 0 bridgehead atoms. The lowest BCUT2D eigenvalue weighted by Gasteiger charge is -2.08. The fraction of sp³-hybridized carbons (Fsp3) is 0.0476. The molecule has 138 valence electrons. The first kappa shape index (κ1) is 17.9. The molecule has 1 aliphatic heterocycles. The Morgan fingerprint density at radius 1 is 1.00 bits per heavy atom. The first-order valence-electron chi connectivity index (χ1n) is 8.59. The van der Waals surface area contributed by atoms with E-state index in [1.54, 1.807) is 18.2 Å². The number of hydrogen-bond acceptors (Lipinski definition) is 5. The van der Waals surface area contributed by atoms with Crippen molar-refractivity contribution in [3.63, 3.8) is 0 Å². The van der Waals surface area contributed by atoms with Crippen LogP contribution in [0.2, 0.25) is 5.02 Å². The van der Waals surface area contributed by atoms with Crippen LogP contribution in [-0.4, -0.2) is 23.0 Å². The van der Waals surface area contributed by atoms with E-state index in [2.05, 4.69) is 5.32 Å². The molecule has 1 aliphatic rings. The van der Waals surface area contributed by atoms with Crippen LogP contribution in [-0.2, 0) is 0 Å². The molecule has 0 unspecified atom stereocenters. The molecule has 0 saturated heterocycles. The quantitative estimate of drug-likeness (QED) is 0.490. The van der Waals surface area contributed by atoms with Gasteiger partial charge in [-0.1, -0.05) is 41.9 Å². The van der Waals surface area contributed by atoms with Crippen molar-refractivity contribution < 1.29 is 4.92 Å². The van der Waals surface area contributed by atoms with Gasteiger partial charge in [-0.3, -0.25) is 15.1 Å². The van der Waals surface area contributed by atoms with E-state index in [1.807, 2.05) is 42.5 Å². The monoisotopic (exact) mass is 390 g/mol. The summed E-state index contributed by atoms with van der Waals surface area (Å²) in [6.45, 7) is 0.341. The molecule has 3 aromatic rings. The van der Waals surface area contributed by atoms with E-state index in [4.69, 9.17) is 21.6 Å². The van der Waals surface area contributed by atoms with Crippen LogP contribution >= 0.6 is 11.6 Å². The van der Waals surface area contributed by atoms with Gasteiger partial charge in [0, 0.05) is 34.0 Å². The van der Waals surface area contributed by atoms with Gasteiger partial charge in [0.05, 0.1) is 22.9 Å². The lowest BCUT2D eigenvalue weighted by atomic mass is 10.0. The van der Waals surface area contributed by atoms with Gasteiger partial charge >= 0.3 is 0 Å². The minimum absolute atomic E-state index is 0.0396. The van der Waals surface area contributed by atoms with Crippen molar-refractivity contribution in [3.05, 3.63) is 99.1 Å². The standard InChI is InChI=1S/C21H15ClN4O2/c22-15-6-11-19-18(12-15)21(14-4-2-1-3-5-14)23-13-20(25-19)24-16-7-9-17(10-8-16)26(27)28/h1-12H,13H2,(H,24,25). The van der Waals surface area contributed by atoms with Crippen molar-refractivity contribution in [2.45, 2.75) is 0 Å². The molecule has 0 radical (unpaired) electrons. The summed E-state index contributed by atoms with van der Waals surface area (Å²) < 4.78 is 0. The van der Waals surface area contributed by atoms with Crippen molar-refractivity contribution >= 4 is 40.2 Å². The van der Waals surface area contributed by atoms with Gasteiger partial charge in [0.25, 0.3) is 5.69 Å². The normalized spacial score (nSPS) is 13.0. The smallest absolute Gasteiger partial charge is 0.269 e. The lowest BCUT2D eigenvalue weighted by Crippen LogP contribution is -2.15. The predicted octanol–water partition coefficient (Wildman–Crippen LogP) is 5.24. The van der Waals surface area contributed by atoms with E-state index >= 15 is 0 Å². The molecule has 1 heterocycles. The molecule has 0 aliphatic carbocycles. The van der Waals surface area contributed by atoms with Gasteiger partial charge < -0.3 is 5.32 Å². The van der Waals surface area contributed by atoms with Gasteiger partial charge in [-0.05, 0) is 30.3 Å². The number of nitro groups is 1. The molecule has 0 fully saturated rings. The topological polar surface area (TPSA) is 79.9 Å². The molecule has 7 heteroatoms. The first-order valence-corrected chi connectivity index (χ1v) is 8.97. The molecule has 0 atom stereocenters. The number of aliphatic imine (C=N–C) groups is 2. The number of hydrogen-bond donors (Lipinski definition) is 1. The molecule has 1 N–H and O–H groups in total. The Balaban J connectivity index is 1.70. The Bertz CT molecular complexity index is 1090. The maximum Gasteiger partial charge on any atom is 0.269 e. The zero-order valence-electron chi connectivity index (χ0n) is 14.7. The summed E-state index contributed by atoms with van der Waals surface area (Å²) in [6.07, 6.45) is 0. The van der Waals surface area contributed by atoms with Gasteiger partial charge in [0.15, 0.2) is 0 Å². The highest BCUT2D eigenvalue weighted by Crippen LogP contribution is 2.28. The van der Waals surface area contributed by atoms with Crippen molar-refractivity contribution in [1.29, 1.82) is 0 Å². The molecule has 3 aromatic carbocycles. The molecule has 0 saturated carbocycles. The molecule has 0 amide bonds. The minimum atomic E-state index is -0.427. The van der Waals surface area contributed by atoms with Gasteiger partial charge in [-0.25, -0.2) is 4.99 Å². The molecule has 28 heavy (non-hydrogen) atoms. The maximum atomic E-state index is 10.8. The largest absolute Gasteiger partial charge is 0.342 e. The number of nitrogens with zero attached hydrogens (tertiary/aromatic N) is 3. The number of halogens is 1. The molecule has 0 aromatic heterocycles. The van der Waals surface area contributed by atoms with Gasteiger partial charge in [-0.2, -0.15) is 0 Å². The minimum Gasteiger partial charge on any atom is -0.342 e. The van der Waals surface area contributed by atoms with Crippen LogP contribution in [0.3, 0.4) is 0 Å². The molecule has 4 rings (SSSR count). The van der Waals surface area contributed by atoms with E-state index in [0.717, 1.165) is 22.5 Å². The molecule has 6 nitrogen and oxygen atoms in total. The van der Waals surface area contributed by atoms with Crippen LogP contribution < -0.4 is 5.32 Å². The zero-order chi connectivity index (χ0) is 19.5. The van der Waals surface area contributed by atoms with Crippen LogP contribution in [0, 0.1) is 10.1 Å². The van der Waals surface area contributed by atoms with Crippen molar-refractivity contribution in [1.82, 2.24) is 0 Å². The Hall–Kier alpha value is -3.51. The van der Waals surface area contributed by atoms with Crippen LogP contribution in [0.5, 0.6) is 0 Å². The SMILES string of the molecule is O=[N+]([O-])c1ccc(NC2=Nc3ccc(Cl)cc3C(c3ccccc3)=NC2)cc1. The second kappa shape index (κ2) is 7.62. The highest BCUT2D eigenvalue weighted by atomic mass is 35.5. The third-order valence-corrected chi connectivity index (χ3v) is 4.51. The Morgan fingerprint density at radius 3 is 2.46 bits per heavy atom. The second-order valence-electron chi connectivity index (χ2n) is 6.18. The third-order valence-electron chi connectivity index (χ3n) is 4.27.